The van der Waals surface area contributed by atoms with Gasteiger partial charge in [0.05, 0.1) is 17.6 Å². The number of diazo groups is 1. The lowest BCUT2D eigenvalue weighted by Crippen LogP contribution is -3.00. The van der Waals surface area contributed by atoms with Crippen LogP contribution in [0.15, 0.2) is 20.3 Å². The summed E-state index contributed by atoms with van der Waals surface area (Å²) in [6.07, 6.45) is 0. The molecule has 0 unspecified atom stereocenters. The molecule has 0 aliphatic rings. The average Bonchev–Trinajstić information content (AvgIpc) is 2.25. The maximum atomic E-state index is 11.2. The predicted octanol–water partition coefficient (Wildman–Crippen LogP) is -1.56. The van der Waals surface area contributed by atoms with Crippen molar-refractivity contribution in [3.63, 3.8) is 0 Å². The molecule has 0 aromatic heterocycles. The Balaban J connectivity index is 0.00000361. The summed E-state index contributed by atoms with van der Waals surface area (Å²) < 4.78 is 67.1. The molecule has 112 valence electrons. The molecule has 0 saturated carbocycles. The Labute approximate surface area is 133 Å². The van der Waals surface area contributed by atoms with Crippen molar-refractivity contribution in [1.82, 2.24) is 0 Å². The third-order valence-electron chi connectivity index (χ3n) is 1.97. The van der Waals surface area contributed by atoms with Gasteiger partial charge in [0, 0.05) is 0 Å². The Morgan fingerprint density at radius 1 is 1.20 bits per heavy atom. The number of hydrogen-bond acceptors (Lipinski definition) is 6. The van der Waals surface area contributed by atoms with Crippen molar-refractivity contribution in [1.29, 1.82) is 5.39 Å². The Bertz CT molecular complexity index is 782. The van der Waals surface area contributed by atoms with Crippen molar-refractivity contribution in [3.05, 3.63) is 15.5 Å². The molecule has 0 heterocycles. The smallest absolute Gasteiger partial charge is 0.411 e. The van der Waals surface area contributed by atoms with Crippen LogP contribution in [-0.2, 0) is 20.2 Å². The van der Waals surface area contributed by atoms with E-state index in [0.29, 0.717) is 0 Å². The van der Waals surface area contributed by atoms with Gasteiger partial charge in [0.25, 0.3) is 10.1 Å². The van der Waals surface area contributed by atoms with E-state index in [-0.39, 0.29) is 22.7 Å². The van der Waals surface area contributed by atoms with Gasteiger partial charge in [-0.05, 0) is 15.9 Å². The maximum Gasteiger partial charge on any atom is 0.411 e. The third kappa shape index (κ3) is 3.65. The molecule has 9 nitrogen and oxygen atoms in total. The highest BCUT2D eigenvalue weighted by molar-refractivity contribution is 9.10. The fourth-order valence-corrected chi connectivity index (χ4v) is 4.50. The summed E-state index contributed by atoms with van der Waals surface area (Å²) in [7, 11) is -9.01. The van der Waals surface area contributed by atoms with Gasteiger partial charge >= 0.3 is 15.8 Å². The second-order valence-electron chi connectivity index (χ2n) is 3.12. The van der Waals surface area contributed by atoms with Crippen LogP contribution in [0.5, 0.6) is 5.75 Å². The lowest BCUT2D eigenvalue weighted by Gasteiger charge is -2.08. The second-order valence-corrected chi connectivity index (χ2v) is 6.63. The molecule has 0 radical (unpaired) electrons. The van der Waals surface area contributed by atoms with E-state index < -0.39 is 40.2 Å². The van der Waals surface area contributed by atoms with E-state index in [2.05, 4.69) is 20.9 Å². The van der Waals surface area contributed by atoms with Crippen LogP contribution in [0.25, 0.3) is 4.98 Å². The average molecular weight is 454 g/mol. The van der Waals surface area contributed by atoms with Crippen molar-refractivity contribution < 1.29 is 47.7 Å². The predicted molar refractivity (Wildman–Crippen MR) is 65.1 cm³/mol. The number of nitrogens with zero attached hydrogens (tertiary/aromatic N) is 2. The van der Waals surface area contributed by atoms with Crippen LogP contribution in [0, 0.1) is 5.39 Å². The zero-order valence-electron chi connectivity index (χ0n) is 9.48. The zero-order chi connectivity index (χ0) is 15.0. The first-order chi connectivity index (χ1) is 8.54. The van der Waals surface area contributed by atoms with Gasteiger partial charge in [-0.2, -0.15) is 16.8 Å². The van der Waals surface area contributed by atoms with Crippen LogP contribution in [-0.4, -0.2) is 33.1 Å². The largest absolute Gasteiger partial charge is 1.00 e. The number of benzene rings is 1. The molecule has 1 aromatic rings. The van der Waals surface area contributed by atoms with Crippen molar-refractivity contribution in [2.45, 2.75) is 9.79 Å². The summed E-state index contributed by atoms with van der Waals surface area (Å²) >= 11 is 2.72. The van der Waals surface area contributed by atoms with Crippen LogP contribution in [0.1, 0.15) is 0 Å². The van der Waals surface area contributed by atoms with Crippen LogP contribution >= 0.6 is 15.9 Å². The van der Waals surface area contributed by atoms with E-state index in [9.17, 15) is 16.8 Å². The first kappa shape index (κ1) is 19.2. The first-order valence-electron chi connectivity index (χ1n) is 4.24. The fourth-order valence-electron chi connectivity index (χ4n) is 1.28. The molecule has 2 N–H and O–H groups in total. The number of ether oxygens (including phenoxy) is 1. The second kappa shape index (κ2) is 6.33. The standard InChI is InChI=1S/C7H5BrN2O7S2.BrH/c1-17-4-2-3(10-9)6(18(11,12)13)7(5(4)8)19(14,15)16;/h2H,1H3,(H-,11,12,13,14,15,16);1H. The van der Waals surface area contributed by atoms with Gasteiger partial charge in [-0.25, -0.2) is 0 Å². The molecular weight excluding hydrogens is 448 g/mol. The Hall–Kier alpha value is -0.780. The van der Waals surface area contributed by atoms with E-state index in [0.717, 1.165) is 13.2 Å². The molecule has 1 aromatic carbocycles. The van der Waals surface area contributed by atoms with Crippen molar-refractivity contribution >= 4 is 41.9 Å². The molecule has 0 spiro atoms. The van der Waals surface area contributed by atoms with Gasteiger partial charge in [-0.3, -0.25) is 9.11 Å². The summed E-state index contributed by atoms with van der Waals surface area (Å²) in [6.45, 7) is 0. The number of rotatable bonds is 3. The molecule has 0 amide bonds. The highest BCUT2D eigenvalue weighted by atomic mass is 79.9. The van der Waals surface area contributed by atoms with Gasteiger partial charge in [0.15, 0.2) is 4.98 Å². The summed E-state index contributed by atoms with van der Waals surface area (Å²) in [6, 6.07) is 0.849. The molecule has 0 fully saturated rings. The fraction of sp³-hybridized carbons (Fsp3) is 0.143. The van der Waals surface area contributed by atoms with Crippen LogP contribution in [0.4, 0.5) is 5.69 Å². The van der Waals surface area contributed by atoms with E-state index in [1.54, 1.807) is 0 Å². The normalized spacial score (nSPS) is 11.3. The van der Waals surface area contributed by atoms with Gasteiger partial charge in [-0.15, -0.1) is 0 Å². The highest BCUT2D eigenvalue weighted by Gasteiger charge is 2.38. The third-order valence-corrected chi connectivity index (χ3v) is 5.00. The van der Waals surface area contributed by atoms with Crippen molar-refractivity contribution in [2.75, 3.05) is 7.11 Å². The van der Waals surface area contributed by atoms with E-state index in [1.165, 1.54) is 0 Å². The van der Waals surface area contributed by atoms with Crippen LogP contribution in [0.2, 0.25) is 0 Å². The summed E-state index contributed by atoms with van der Waals surface area (Å²) in [4.78, 5) is 0.0799. The topological polar surface area (TPSA) is 146 Å². The molecular formula is C7H6Br2N2O7S2. The molecule has 0 atom stereocenters. The molecule has 1 rings (SSSR count). The molecule has 20 heavy (non-hydrogen) atoms. The Morgan fingerprint density at radius 3 is 1.95 bits per heavy atom. The highest BCUT2D eigenvalue weighted by Crippen LogP contribution is 2.42. The minimum Gasteiger partial charge on any atom is -1.00 e. The summed E-state index contributed by atoms with van der Waals surface area (Å²) in [5, 5.41) is 8.68. The van der Waals surface area contributed by atoms with E-state index in [4.69, 9.17) is 19.2 Å². The monoisotopic (exact) mass is 452 g/mol. The van der Waals surface area contributed by atoms with Gasteiger partial charge in [0.1, 0.15) is 10.6 Å². The maximum absolute atomic E-state index is 11.2. The van der Waals surface area contributed by atoms with Gasteiger partial charge < -0.3 is 21.7 Å². The van der Waals surface area contributed by atoms with Gasteiger partial charge in [-0.1, -0.05) is 0 Å². The Morgan fingerprint density at radius 2 is 1.65 bits per heavy atom. The van der Waals surface area contributed by atoms with Crippen molar-refractivity contribution in [3.8, 4) is 5.75 Å². The van der Waals surface area contributed by atoms with E-state index >= 15 is 0 Å². The molecule has 0 aliphatic heterocycles. The summed E-state index contributed by atoms with van der Waals surface area (Å²) in [5.74, 6) is -0.229. The minimum absolute atomic E-state index is 0. The quantitative estimate of drug-likeness (QED) is 0.412. The van der Waals surface area contributed by atoms with E-state index in [1.807, 2.05) is 0 Å². The summed E-state index contributed by atoms with van der Waals surface area (Å²) in [5.41, 5.74) is -0.810. The molecule has 0 aliphatic carbocycles. The number of halogens is 2. The number of methoxy groups -OCH3 is 1. The Kier molecular flexibility index (Phi) is 6.08. The number of hydrogen-bond donors (Lipinski definition) is 2. The first-order valence-corrected chi connectivity index (χ1v) is 7.92. The lowest BCUT2D eigenvalue weighted by atomic mass is 10.3. The lowest BCUT2D eigenvalue weighted by molar-refractivity contribution is -0.0000125. The van der Waals surface area contributed by atoms with Crippen LogP contribution < -0.4 is 21.7 Å². The van der Waals surface area contributed by atoms with Crippen molar-refractivity contribution in [2.24, 2.45) is 0 Å². The SMILES string of the molecule is COc1cc([N+]#N)c(S(=O)(=O)O)c(S(=O)(=O)O)c1Br.[Br-]. The zero-order valence-corrected chi connectivity index (χ0v) is 14.3. The molecule has 0 saturated heterocycles. The molecule has 0 bridgehead atoms. The van der Waals surface area contributed by atoms with Gasteiger partial charge in [0.2, 0.25) is 10.3 Å². The van der Waals surface area contributed by atoms with Crippen LogP contribution in [0.3, 0.4) is 0 Å². The minimum atomic E-state index is -5.09. The molecule has 13 heteroatoms.